The molecule has 0 amide bonds. The molecule has 0 saturated heterocycles. The van der Waals surface area contributed by atoms with Crippen LogP contribution in [0.2, 0.25) is 0 Å². The average Bonchev–Trinajstić information content (AvgIpc) is 2.62. The molecule has 0 unspecified atom stereocenters. The first-order valence-corrected chi connectivity index (χ1v) is 8.91. The maximum absolute atomic E-state index is 12.4. The van der Waals surface area contributed by atoms with Gasteiger partial charge in [0.05, 0.1) is 5.56 Å². The molecule has 0 fully saturated rings. The lowest BCUT2D eigenvalue weighted by Crippen LogP contribution is -2.52. The third kappa shape index (κ3) is 3.52. The van der Waals surface area contributed by atoms with Gasteiger partial charge in [-0.15, -0.1) is 0 Å². The summed E-state index contributed by atoms with van der Waals surface area (Å²) >= 11 is 0. The van der Waals surface area contributed by atoms with Crippen molar-refractivity contribution in [1.29, 1.82) is 0 Å². The summed E-state index contributed by atoms with van der Waals surface area (Å²) in [6.45, 7) is 8.09. The van der Waals surface area contributed by atoms with Crippen LogP contribution >= 0.6 is 0 Å². The van der Waals surface area contributed by atoms with E-state index in [9.17, 15) is 14.4 Å². The highest BCUT2D eigenvalue weighted by Gasteiger charge is 2.50. The highest BCUT2D eigenvalue weighted by molar-refractivity contribution is 5.88. The van der Waals surface area contributed by atoms with Crippen molar-refractivity contribution in [3.8, 4) is 5.75 Å². The Morgan fingerprint density at radius 1 is 1.11 bits per heavy atom. The van der Waals surface area contributed by atoms with Gasteiger partial charge in [-0.1, -0.05) is 6.08 Å². The number of ether oxygens (including phenoxy) is 3. The Morgan fingerprint density at radius 2 is 1.79 bits per heavy atom. The minimum absolute atomic E-state index is 0.232. The molecule has 7 nitrogen and oxygen atoms in total. The monoisotopic (exact) mass is 386 g/mol. The standard InChI is InChI=1S/C21H22O7/c1-6-11(2)20(24)27-19-18(25-12(3)22)16-14(28-21(19,4)5)9-7-13-8-10-15(23)26-17(13)16/h6-10,18-19H,1-5H3/t18-,19-/m1/s1. The molecule has 2 atom stereocenters. The van der Waals surface area contributed by atoms with Crippen LogP contribution in [0.15, 0.2) is 45.1 Å². The molecule has 7 heteroatoms. The van der Waals surface area contributed by atoms with Crippen molar-refractivity contribution >= 4 is 22.9 Å². The summed E-state index contributed by atoms with van der Waals surface area (Å²) in [5.41, 5.74) is -0.547. The molecule has 0 bridgehead atoms. The van der Waals surface area contributed by atoms with Crippen LogP contribution in [0.4, 0.5) is 0 Å². The molecule has 3 rings (SSSR count). The number of rotatable bonds is 3. The van der Waals surface area contributed by atoms with Crippen molar-refractivity contribution < 1.29 is 28.2 Å². The lowest BCUT2D eigenvalue weighted by Gasteiger charge is -2.43. The summed E-state index contributed by atoms with van der Waals surface area (Å²) < 4.78 is 22.7. The summed E-state index contributed by atoms with van der Waals surface area (Å²) in [4.78, 5) is 36.1. The first kappa shape index (κ1) is 19.7. The normalized spacial score (nSPS) is 20.8. The topological polar surface area (TPSA) is 92.0 Å². The van der Waals surface area contributed by atoms with Gasteiger partial charge in [0.15, 0.2) is 12.2 Å². The van der Waals surface area contributed by atoms with E-state index >= 15 is 0 Å². The van der Waals surface area contributed by atoms with E-state index in [-0.39, 0.29) is 5.58 Å². The van der Waals surface area contributed by atoms with E-state index in [1.165, 1.54) is 13.0 Å². The Kier molecular flexibility index (Phi) is 5.02. The lowest BCUT2D eigenvalue weighted by molar-refractivity contribution is -0.186. The number of allylic oxidation sites excluding steroid dienone is 1. The van der Waals surface area contributed by atoms with Gasteiger partial charge in [-0.05, 0) is 45.9 Å². The molecule has 0 radical (unpaired) electrons. The molecule has 1 aromatic carbocycles. The number of benzene rings is 1. The van der Waals surface area contributed by atoms with Crippen LogP contribution < -0.4 is 10.4 Å². The van der Waals surface area contributed by atoms with E-state index in [0.29, 0.717) is 22.3 Å². The van der Waals surface area contributed by atoms with Crippen molar-refractivity contribution in [2.24, 2.45) is 0 Å². The largest absolute Gasteiger partial charge is 0.483 e. The third-order valence-electron chi connectivity index (χ3n) is 4.69. The van der Waals surface area contributed by atoms with E-state index in [1.54, 1.807) is 52.0 Å². The van der Waals surface area contributed by atoms with Crippen molar-refractivity contribution in [2.45, 2.75) is 52.4 Å². The molecule has 0 aliphatic carbocycles. The van der Waals surface area contributed by atoms with Gasteiger partial charge >= 0.3 is 17.6 Å². The second-order valence-corrected chi connectivity index (χ2v) is 7.18. The summed E-state index contributed by atoms with van der Waals surface area (Å²) in [7, 11) is 0. The fourth-order valence-corrected chi connectivity index (χ4v) is 3.18. The SMILES string of the molecule is CC=C(C)C(=O)O[C@@H]1[C@H](OC(C)=O)c2c(ccc3ccc(=O)oc23)OC1(C)C. The molecule has 1 aromatic heterocycles. The van der Waals surface area contributed by atoms with Gasteiger partial charge in [0.1, 0.15) is 16.9 Å². The Balaban J connectivity index is 2.22. The molecule has 1 aliphatic rings. The van der Waals surface area contributed by atoms with Crippen LogP contribution in [0.3, 0.4) is 0 Å². The lowest BCUT2D eigenvalue weighted by atomic mass is 9.87. The second kappa shape index (κ2) is 7.14. The van der Waals surface area contributed by atoms with Gasteiger partial charge in [0.25, 0.3) is 0 Å². The second-order valence-electron chi connectivity index (χ2n) is 7.18. The van der Waals surface area contributed by atoms with Crippen LogP contribution in [-0.2, 0) is 19.1 Å². The fraction of sp³-hybridized carbons (Fsp3) is 0.381. The van der Waals surface area contributed by atoms with Crippen LogP contribution in [-0.4, -0.2) is 23.6 Å². The first-order chi connectivity index (χ1) is 13.1. The number of carbonyl (C=O) groups excluding carboxylic acids is 2. The van der Waals surface area contributed by atoms with E-state index in [0.717, 1.165) is 0 Å². The van der Waals surface area contributed by atoms with Crippen molar-refractivity contribution in [2.75, 3.05) is 0 Å². The zero-order valence-electron chi connectivity index (χ0n) is 16.4. The summed E-state index contributed by atoms with van der Waals surface area (Å²) in [6, 6.07) is 6.37. The van der Waals surface area contributed by atoms with Gasteiger partial charge in [-0.25, -0.2) is 9.59 Å². The molecule has 0 spiro atoms. The molecule has 148 valence electrons. The van der Waals surface area contributed by atoms with E-state index in [4.69, 9.17) is 18.6 Å². The molecule has 2 heterocycles. The summed E-state index contributed by atoms with van der Waals surface area (Å²) in [5.74, 6) is -0.715. The van der Waals surface area contributed by atoms with Gasteiger partial charge in [0.2, 0.25) is 0 Å². The maximum atomic E-state index is 12.4. The number of carbonyl (C=O) groups is 2. The minimum Gasteiger partial charge on any atom is -0.483 e. The van der Waals surface area contributed by atoms with Crippen molar-refractivity contribution in [3.63, 3.8) is 0 Å². The Bertz CT molecular complexity index is 1030. The molecule has 2 aromatic rings. The van der Waals surface area contributed by atoms with Crippen molar-refractivity contribution in [1.82, 2.24) is 0 Å². The first-order valence-electron chi connectivity index (χ1n) is 8.91. The molecule has 28 heavy (non-hydrogen) atoms. The molecule has 0 saturated carbocycles. The maximum Gasteiger partial charge on any atom is 0.336 e. The highest BCUT2D eigenvalue weighted by atomic mass is 16.6. The number of hydrogen-bond donors (Lipinski definition) is 0. The van der Waals surface area contributed by atoms with Gasteiger partial charge in [0, 0.05) is 23.9 Å². The quantitative estimate of drug-likeness (QED) is 0.453. The molecular weight excluding hydrogens is 364 g/mol. The van der Waals surface area contributed by atoms with Gasteiger partial charge in [-0.2, -0.15) is 0 Å². The van der Waals surface area contributed by atoms with Gasteiger partial charge in [-0.3, -0.25) is 4.79 Å². The van der Waals surface area contributed by atoms with Crippen molar-refractivity contribution in [3.05, 3.63) is 51.9 Å². The van der Waals surface area contributed by atoms with Gasteiger partial charge < -0.3 is 18.6 Å². The average molecular weight is 386 g/mol. The molecule has 0 N–H and O–H groups in total. The third-order valence-corrected chi connectivity index (χ3v) is 4.69. The zero-order chi connectivity index (χ0) is 20.6. The van der Waals surface area contributed by atoms with E-state index in [2.05, 4.69) is 0 Å². The van der Waals surface area contributed by atoms with Crippen LogP contribution in [0.5, 0.6) is 5.75 Å². The van der Waals surface area contributed by atoms with Crippen LogP contribution in [0.1, 0.15) is 46.3 Å². The molecular formula is C21H22O7. The summed E-state index contributed by atoms with van der Waals surface area (Å²) in [5, 5.41) is 0.633. The van der Waals surface area contributed by atoms with E-state index < -0.39 is 35.4 Å². The molecule has 1 aliphatic heterocycles. The number of fused-ring (bicyclic) bond motifs is 3. The Hall–Kier alpha value is -3.09. The Labute approximate surface area is 161 Å². The Morgan fingerprint density at radius 3 is 2.43 bits per heavy atom. The smallest absolute Gasteiger partial charge is 0.336 e. The summed E-state index contributed by atoms with van der Waals surface area (Å²) in [6.07, 6.45) is -0.330. The minimum atomic E-state index is -1.00. The van der Waals surface area contributed by atoms with Crippen LogP contribution in [0.25, 0.3) is 11.0 Å². The zero-order valence-corrected chi connectivity index (χ0v) is 16.4. The predicted octanol–water partition coefficient (Wildman–Crippen LogP) is 3.45. The fourth-order valence-electron chi connectivity index (χ4n) is 3.18. The van der Waals surface area contributed by atoms with Crippen LogP contribution in [0, 0.1) is 0 Å². The number of hydrogen-bond acceptors (Lipinski definition) is 7. The number of esters is 2. The van der Waals surface area contributed by atoms with E-state index in [1.807, 2.05) is 0 Å². The highest BCUT2D eigenvalue weighted by Crippen LogP contribution is 2.46. The predicted molar refractivity (Wildman–Crippen MR) is 101 cm³/mol.